The molecule has 0 N–H and O–H groups in total. The molecule has 4 rings (SSSR count). The van der Waals surface area contributed by atoms with E-state index in [9.17, 15) is 4.79 Å². The van der Waals surface area contributed by atoms with E-state index in [1.165, 1.54) is 5.56 Å². The van der Waals surface area contributed by atoms with Gasteiger partial charge in [0.05, 0.1) is 5.52 Å². The van der Waals surface area contributed by atoms with Gasteiger partial charge >= 0.3 is 0 Å². The Bertz CT molecular complexity index is 1030. The topological polar surface area (TPSA) is 36.4 Å². The number of para-hydroxylation sites is 2. The Morgan fingerprint density at radius 1 is 1.18 bits per heavy atom. The van der Waals surface area contributed by atoms with Crippen LogP contribution in [-0.2, 0) is 11.2 Å². The fourth-order valence-electron chi connectivity index (χ4n) is 3.96. The van der Waals surface area contributed by atoms with Crippen molar-refractivity contribution in [3.8, 4) is 0 Å². The van der Waals surface area contributed by atoms with Crippen LogP contribution in [0.4, 0.5) is 5.69 Å². The molecule has 2 heterocycles. The average molecular weight is 371 g/mol. The number of anilines is 1. The minimum Gasteiger partial charge on any atom is -0.309 e. The van der Waals surface area contributed by atoms with E-state index in [1.807, 2.05) is 53.6 Å². The Morgan fingerprint density at radius 3 is 2.82 bits per heavy atom. The number of nitrogens with zero attached hydrogens (tertiary/aromatic N) is 3. The zero-order valence-corrected chi connectivity index (χ0v) is 16.4. The molecule has 142 valence electrons. The van der Waals surface area contributed by atoms with E-state index in [0.29, 0.717) is 5.92 Å². The van der Waals surface area contributed by atoms with E-state index >= 15 is 0 Å². The third-order valence-electron chi connectivity index (χ3n) is 5.15. The molecule has 1 atom stereocenters. The molecular formula is C24H25N3O. The Hall–Kier alpha value is -2.98. The number of aromatic nitrogens is 1. The molecule has 0 spiro atoms. The predicted molar refractivity (Wildman–Crippen MR) is 115 cm³/mol. The van der Waals surface area contributed by atoms with Gasteiger partial charge in [-0.1, -0.05) is 36.4 Å². The molecule has 0 fully saturated rings. The van der Waals surface area contributed by atoms with Crippen LogP contribution in [0.1, 0.15) is 11.1 Å². The summed E-state index contributed by atoms with van der Waals surface area (Å²) in [5.74, 6) is 0.452. The molecule has 1 aliphatic rings. The van der Waals surface area contributed by atoms with Gasteiger partial charge in [-0.3, -0.25) is 9.78 Å². The first kappa shape index (κ1) is 18.4. The lowest BCUT2D eigenvalue weighted by atomic mass is 9.92. The van der Waals surface area contributed by atoms with Crippen molar-refractivity contribution >= 4 is 28.6 Å². The summed E-state index contributed by atoms with van der Waals surface area (Å²) < 4.78 is 0. The second-order valence-corrected chi connectivity index (χ2v) is 7.70. The molecule has 0 aliphatic carbocycles. The largest absolute Gasteiger partial charge is 0.309 e. The highest BCUT2D eigenvalue weighted by Gasteiger charge is 2.27. The predicted octanol–water partition coefficient (Wildman–Crippen LogP) is 4.02. The lowest BCUT2D eigenvalue weighted by Crippen LogP contribution is -2.42. The number of fused-ring (bicyclic) bond motifs is 2. The molecule has 1 unspecified atom stereocenters. The van der Waals surface area contributed by atoms with Gasteiger partial charge in [-0.15, -0.1) is 0 Å². The van der Waals surface area contributed by atoms with Crippen molar-refractivity contribution in [3.63, 3.8) is 0 Å². The molecule has 0 saturated heterocycles. The van der Waals surface area contributed by atoms with E-state index in [-0.39, 0.29) is 5.91 Å². The summed E-state index contributed by atoms with van der Waals surface area (Å²) in [6, 6.07) is 18.3. The SMILES string of the molecule is CN(C)CC1Cc2ccccc2N(C(=O)/C=C/c2cnc3ccccc3c2)C1. The summed E-state index contributed by atoms with van der Waals surface area (Å²) in [7, 11) is 4.17. The average Bonchev–Trinajstić information content (AvgIpc) is 2.70. The molecule has 4 heteroatoms. The van der Waals surface area contributed by atoms with Crippen LogP contribution in [0.25, 0.3) is 17.0 Å². The maximum Gasteiger partial charge on any atom is 0.251 e. The van der Waals surface area contributed by atoms with Gasteiger partial charge in [-0.2, -0.15) is 0 Å². The first-order chi connectivity index (χ1) is 13.6. The number of amides is 1. The van der Waals surface area contributed by atoms with E-state index in [4.69, 9.17) is 0 Å². The maximum absolute atomic E-state index is 13.0. The number of carbonyl (C=O) groups is 1. The molecule has 1 amide bonds. The van der Waals surface area contributed by atoms with Crippen molar-refractivity contribution in [3.05, 3.63) is 78.0 Å². The van der Waals surface area contributed by atoms with Crippen molar-refractivity contribution in [2.75, 3.05) is 32.1 Å². The summed E-state index contributed by atoms with van der Waals surface area (Å²) in [5.41, 5.74) is 4.17. The van der Waals surface area contributed by atoms with Crippen molar-refractivity contribution in [2.24, 2.45) is 5.92 Å². The van der Waals surface area contributed by atoms with Gasteiger partial charge in [0.25, 0.3) is 5.91 Å². The lowest BCUT2D eigenvalue weighted by molar-refractivity contribution is -0.114. The standard InChI is InChI=1S/C24H25N3O/c1-26(2)16-19-14-21-8-4-6-10-23(21)27(17-19)24(28)12-11-18-13-20-7-3-5-9-22(20)25-15-18/h3-13,15,19H,14,16-17H2,1-2H3/b12-11+. The summed E-state index contributed by atoms with van der Waals surface area (Å²) in [6.45, 7) is 1.71. The Morgan fingerprint density at radius 2 is 1.96 bits per heavy atom. The van der Waals surface area contributed by atoms with Gasteiger partial charge in [0.15, 0.2) is 0 Å². The Balaban J connectivity index is 1.57. The van der Waals surface area contributed by atoms with E-state index < -0.39 is 0 Å². The summed E-state index contributed by atoms with van der Waals surface area (Å²) >= 11 is 0. The van der Waals surface area contributed by atoms with Gasteiger partial charge in [-0.25, -0.2) is 0 Å². The van der Waals surface area contributed by atoms with Gasteiger partial charge in [0.1, 0.15) is 0 Å². The van der Waals surface area contributed by atoms with Crippen LogP contribution in [0.15, 0.2) is 66.9 Å². The fourth-order valence-corrected chi connectivity index (χ4v) is 3.96. The van der Waals surface area contributed by atoms with Crippen molar-refractivity contribution < 1.29 is 4.79 Å². The molecular weight excluding hydrogens is 346 g/mol. The third kappa shape index (κ3) is 3.97. The molecule has 4 nitrogen and oxygen atoms in total. The van der Waals surface area contributed by atoms with Crippen LogP contribution in [0, 0.1) is 5.92 Å². The van der Waals surface area contributed by atoms with E-state index in [1.54, 1.807) is 6.08 Å². The van der Waals surface area contributed by atoms with Crippen molar-refractivity contribution in [1.82, 2.24) is 9.88 Å². The van der Waals surface area contributed by atoms with Gasteiger partial charge in [0, 0.05) is 36.4 Å². The van der Waals surface area contributed by atoms with E-state index in [2.05, 4.69) is 42.2 Å². The first-order valence-electron chi connectivity index (χ1n) is 9.67. The summed E-state index contributed by atoms with van der Waals surface area (Å²) in [4.78, 5) is 21.6. The number of carbonyl (C=O) groups excluding carboxylic acids is 1. The number of rotatable bonds is 4. The second-order valence-electron chi connectivity index (χ2n) is 7.70. The molecule has 0 saturated carbocycles. The normalized spacial score (nSPS) is 16.7. The van der Waals surface area contributed by atoms with E-state index in [0.717, 1.165) is 41.7 Å². The van der Waals surface area contributed by atoms with Crippen LogP contribution in [0.5, 0.6) is 0 Å². The minimum atomic E-state index is 0.0177. The summed E-state index contributed by atoms with van der Waals surface area (Å²) in [5, 5.41) is 1.08. The van der Waals surface area contributed by atoms with Crippen LogP contribution in [-0.4, -0.2) is 43.0 Å². The second kappa shape index (κ2) is 7.95. The zero-order chi connectivity index (χ0) is 19.5. The number of hydrogen-bond acceptors (Lipinski definition) is 3. The minimum absolute atomic E-state index is 0.0177. The Labute approximate surface area is 166 Å². The van der Waals surface area contributed by atoms with Gasteiger partial charge in [0.2, 0.25) is 0 Å². The quantitative estimate of drug-likeness (QED) is 0.650. The van der Waals surface area contributed by atoms with Crippen LogP contribution < -0.4 is 4.90 Å². The summed E-state index contributed by atoms with van der Waals surface area (Å²) in [6.07, 6.45) is 6.35. The smallest absolute Gasteiger partial charge is 0.251 e. The highest BCUT2D eigenvalue weighted by atomic mass is 16.2. The van der Waals surface area contributed by atoms with Gasteiger partial charge in [-0.05, 0) is 61.8 Å². The number of benzene rings is 2. The van der Waals surface area contributed by atoms with Crippen molar-refractivity contribution in [2.45, 2.75) is 6.42 Å². The first-order valence-corrected chi connectivity index (χ1v) is 9.67. The molecule has 3 aromatic rings. The van der Waals surface area contributed by atoms with Gasteiger partial charge < -0.3 is 9.80 Å². The van der Waals surface area contributed by atoms with Crippen LogP contribution in [0.3, 0.4) is 0 Å². The monoisotopic (exact) mass is 371 g/mol. The number of hydrogen-bond donors (Lipinski definition) is 0. The molecule has 1 aliphatic heterocycles. The molecule has 1 aromatic heterocycles. The molecule has 0 radical (unpaired) electrons. The highest BCUT2D eigenvalue weighted by molar-refractivity contribution is 6.04. The van der Waals surface area contributed by atoms with Crippen LogP contribution in [0.2, 0.25) is 0 Å². The molecule has 28 heavy (non-hydrogen) atoms. The van der Waals surface area contributed by atoms with Crippen molar-refractivity contribution in [1.29, 1.82) is 0 Å². The molecule has 2 aromatic carbocycles. The Kier molecular flexibility index (Phi) is 5.22. The highest BCUT2D eigenvalue weighted by Crippen LogP contribution is 2.30. The number of pyridine rings is 1. The third-order valence-corrected chi connectivity index (χ3v) is 5.15. The maximum atomic E-state index is 13.0. The zero-order valence-electron chi connectivity index (χ0n) is 16.4. The van der Waals surface area contributed by atoms with Crippen LogP contribution >= 0.6 is 0 Å². The molecule has 0 bridgehead atoms. The lowest BCUT2D eigenvalue weighted by Gasteiger charge is -2.35. The fraction of sp³-hybridized carbons (Fsp3) is 0.250.